The Labute approximate surface area is 182 Å². The van der Waals surface area contributed by atoms with Crippen molar-refractivity contribution in [3.63, 3.8) is 0 Å². The molecule has 0 fully saturated rings. The molecule has 2 amide bonds. The quantitative estimate of drug-likeness (QED) is 0.354. The molecule has 2 N–H and O–H groups in total. The number of nitro groups is 1. The third kappa shape index (κ3) is 7.02. The number of ether oxygens (including phenoxy) is 1. The Morgan fingerprint density at radius 3 is 2.57 bits per heavy atom. The van der Waals surface area contributed by atoms with E-state index >= 15 is 0 Å². The molecule has 0 atom stereocenters. The van der Waals surface area contributed by atoms with Crippen LogP contribution in [0.15, 0.2) is 41.5 Å². The fraction of sp³-hybridized carbons (Fsp3) is 0.211. The van der Waals surface area contributed by atoms with Crippen LogP contribution in [0, 0.1) is 17.0 Å². The number of hydrogen-bond donors (Lipinski definition) is 2. The molecule has 2 rings (SSSR count). The molecule has 158 valence electrons. The number of rotatable bonds is 8. The highest BCUT2D eigenvalue weighted by Gasteiger charge is 2.12. The van der Waals surface area contributed by atoms with Crippen molar-refractivity contribution in [2.75, 3.05) is 11.9 Å². The maximum atomic E-state index is 12.2. The number of non-ortho nitro benzene ring substituents is 1. The van der Waals surface area contributed by atoms with Crippen molar-refractivity contribution in [2.45, 2.75) is 20.3 Å². The van der Waals surface area contributed by atoms with Gasteiger partial charge in [0.15, 0.2) is 6.61 Å². The number of benzene rings is 2. The first-order valence-electron chi connectivity index (χ1n) is 8.60. The van der Waals surface area contributed by atoms with Gasteiger partial charge >= 0.3 is 0 Å². The number of nitrogens with one attached hydrogen (secondary N) is 2. The van der Waals surface area contributed by atoms with Gasteiger partial charge in [-0.15, -0.1) is 0 Å². The monoisotopic (exact) mass is 452 g/mol. The standard InChI is InChI=1S/C19H18Cl2N4O5/c1-11-3-5-14(25(28)29)9-16(11)22-18(26)7-12(2)23-24-19(27)10-30-17-6-4-13(20)8-15(17)21/h3-6,8-9H,7,10H2,1-2H3,(H,22,26)(H,24,27)/b23-12-. The Morgan fingerprint density at radius 1 is 1.17 bits per heavy atom. The Morgan fingerprint density at radius 2 is 1.90 bits per heavy atom. The van der Waals surface area contributed by atoms with Gasteiger partial charge < -0.3 is 10.1 Å². The molecule has 2 aromatic carbocycles. The van der Waals surface area contributed by atoms with Crippen molar-refractivity contribution >= 4 is 52.1 Å². The zero-order chi connectivity index (χ0) is 22.3. The molecule has 0 spiro atoms. The first-order chi connectivity index (χ1) is 14.2. The number of carbonyl (C=O) groups excluding carboxylic acids is 2. The molecule has 30 heavy (non-hydrogen) atoms. The van der Waals surface area contributed by atoms with Gasteiger partial charge in [-0.2, -0.15) is 5.10 Å². The van der Waals surface area contributed by atoms with Gasteiger partial charge in [-0.25, -0.2) is 5.43 Å². The third-order valence-corrected chi connectivity index (χ3v) is 4.28. The summed E-state index contributed by atoms with van der Waals surface area (Å²) < 4.78 is 5.28. The summed E-state index contributed by atoms with van der Waals surface area (Å²) in [5, 5.41) is 18.0. The first kappa shape index (κ1) is 23.1. The van der Waals surface area contributed by atoms with Crippen LogP contribution in [0.5, 0.6) is 5.75 Å². The lowest BCUT2D eigenvalue weighted by molar-refractivity contribution is -0.384. The van der Waals surface area contributed by atoms with Crippen LogP contribution in [0.25, 0.3) is 0 Å². The van der Waals surface area contributed by atoms with E-state index in [2.05, 4.69) is 15.8 Å². The van der Waals surface area contributed by atoms with E-state index in [0.717, 1.165) is 0 Å². The van der Waals surface area contributed by atoms with Crippen molar-refractivity contribution in [2.24, 2.45) is 5.10 Å². The van der Waals surface area contributed by atoms with E-state index in [4.69, 9.17) is 27.9 Å². The maximum Gasteiger partial charge on any atom is 0.277 e. The molecule has 0 saturated heterocycles. The molecule has 2 aromatic rings. The summed E-state index contributed by atoms with van der Waals surface area (Å²) in [6.45, 7) is 2.93. The molecule has 0 radical (unpaired) electrons. The van der Waals surface area contributed by atoms with E-state index in [9.17, 15) is 19.7 Å². The van der Waals surface area contributed by atoms with Crippen LogP contribution in [0.4, 0.5) is 11.4 Å². The zero-order valence-corrected chi connectivity index (χ0v) is 17.6. The Balaban J connectivity index is 1.85. The molecule has 11 heteroatoms. The van der Waals surface area contributed by atoms with E-state index in [1.165, 1.54) is 24.3 Å². The summed E-state index contributed by atoms with van der Waals surface area (Å²) in [5.74, 6) is -0.683. The minimum atomic E-state index is -0.546. The van der Waals surface area contributed by atoms with Gasteiger partial charge in [0.2, 0.25) is 5.91 Å². The van der Waals surface area contributed by atoms with Crippen LogP contribution in [0.3, 0.4) is 0 Å². The van der Waals surface area contributed by atoms with Crippen LogP contribution < -0.4 is 15.5 Å². The molecule has 0 aliphatic carbocycles. The fourth-order valence-corrected chi connectivity index (χ4v) is 2.71. The molecule has 0 aliphatic heterocycles. The molecule has 0 aromatic heterocycles. The summed E-state index contributed by atoms with van der Waals surface area (Å²) in [6.07, 6.45) is -0.119. The number of aryl methyl sites for hydroxylation is 1. The van der Waals surface area contributed by atoms with Crippen molar-refractivity contribution in [3.05, 3.63) is 62.1 Å². The van der Waals surface area contributed by atoms with E-state index in [-0.39, 0.29) is 23.7 Å². The lowest BCUT2D eigenvalue weighted by atomic mass is 10.1. The highest BCUT2D eigenvalue weighted by Crippen LogP contribution is 2.27. The summed E-state index contributed by atoms with van der Waals surface area (Å²) in [5.41, 5.74) is 3.48. The molecule has 0 heterocycles. The minimum absolute atomic E-state index is 0.119. The van der Waals surface area contributed by atoms with Crippen LogP contribution in [0.1, 0.15) is 18.9 Å². The Bertz CT molecular complexity index is 1010. The van der Waals surface area contributed by atoms with E-state index in [1.807, 2.05) is 0 Å². The Hall–Kier alpha value is -3.17. The molecule has 0 saturated carbocycles. The number of hydrogen-bond acceptors (Lipinski definition) is 6. The fourth-order valence-electron chi connectivity index (χ4n) is 2.25. The summed E-state index contributed by atoms with van der Waals surface area (Å²) in [4.78, 5) is 34.3. The smallest absolute Gasteiger partial charge is 0.277 e. The molecule has 0 unspecified atom stereocenters. The first-order valence-corrected chi connectivity index (χ1v) is 9.36. The van der Waals surface area contributed by atoms with Crippen molar-refractivity contribution in [1.82, 2.24) is 5.43 Å². The summed E-state index contributed by atoms with van der Waals surface area (Å²) in [7, 11) is 0. The van der Waals surface area contributed by atoms with Crippen molar-refractivity contribution < 1.29 is 19.2 Å². The second-order valence-corrected chi connectivity index (χ2v) is 7.07. The van der Waals surface area contributed by atoms with Gasteiger partial charge in [0.1, 0.15) is 5.75 Å². The van der Waals surface area contributed by atoms with Gasteiger partial charge in [0.25, 0.3) is 11.6 Å². The lowest BCUT2D eigenvalue weighted by Gasteiger charge is -2.09. The number of nitro benzene ring substituents is 1. The highest BCUT2D eigenvalue weighted by atomic mass is 35.5. The van der Waals surface area contributed by atoms with E-state index < -0.39 is 16.7 Å². The number of nitrogens with zero attached hydrogens (tertiary/aromatic N) is 2. The SMILES string of the molecule is C/C(CC(=O)Nc1cc([N+](=O)[O-])ccc1C)=N/NC(=O)COc1ccc(Cl)cc1Cl. The van der Waals surface area contributed by atoms with Crippen LogP contribution in [-0.4, -0.2) is 29.1 Å². The second kappa shape index (κ2) is 10.6. The third-order valence-electron chi connectivity index (χ3n) is 3.75. The Kier molecular flexibility index (Phi) is 8.14. The van der Waals surface area contributed by atoms with Crippen LogP contribution in [0.2, 0.25) is 10.0 Å². The largest absolute Gasteiger partial charge is 0.482 e. The molecular weight excluding hydrogens is 435 g/mol. The van der Waals surface area contributed by atoms with Crippen LogP contribution in [-0.2, 0) is 9.59 Å². The minimum Gasteiger partial charge on any atom is -0.482 e. The van der Waals surface area contributed by atoms with Crippen molar-refractivity contribution in [1.29, 1.82) is 0 Å². The molecule has 0 bridgehead atoms. The predicted molar refractivity (Wildman–Crippen MR) is 114 cm³/mol. The van der Waals surface area contributed by atoms with Gasteiger partial charge in [0, 0.05) is 22.9 Å². The van der Waals surface area contributed by atoms with Gasteiger partial charge in [-0.3, -0.25) is 19.7 Å². The number of amides is 2. The van der Waals surface area contributed by atoms with Gasteiger partial charge in [-0.1, -0.05) is 29.3 Å². The lowest BCUT2D eigenvalue weighted by Crippen LogP contribution is -2.26. The second-order valence-electron chi connectivity index (χ2n) is 6.23. The average molecular weight is 453 g/mol. The highest BCUT2D eigenvalue weighted by molar-refractivity contribution is 6.35. The summed E-state index contributed by atoms with van der Waals surface area (Å²) >= 11 is 11.7. The van der Waals surface area contributed by atoms with Gasteiger partial charge in [0.05, 0.1) is 22.1 Å². The molecule has 0 aliphatic rings. The molecule has 9 nitrogen and oxygen atoms in total. The van der Waals surface area contributed by atoms with Crippen molar-refractivity contribution in [3.8, 4) is 5.75 Å². The van der Waals surface area contributed by atoms with E-state index in [0.29, 0.717) is 27.7 Å². The average Bonchev–Trinajstić information content (AvgIpc) is 2.67. The maximum absolute atomic E-state index is 12.2. The normalized spacial score (nSPS) is 11.0. The summed E-state index contributed by atoms with van der Waals surface area (Å²) in [6, 6.07) is 8.77. The van der Waals surface area contributed by atoms with E-state index in [1.54, 1.807) is 26.0 Å². The number of carbonyl (C=O) groups is 2. The van der Waals surface area contributed by atoms with Gasteiger partial charge in [-0.05, 0) is 37.6 Å². The topological polar surface area (TPSA) is 123 Å². The number of anilines is 1. The molecular formula is C19H18Cl2N4O5. The number of halogens is 2. The predicted octanol–water partition coefficient (Wildman–Crippen LogP) is 4.11. The zero-order valence-electron chi connectivity index (χ0n) is 16.1. The van der Waals surface area contributed by atoms with Crippen LogP contribution >= 0.6 is 23.2 Å². The number of hydrazone groups is 1.